The zero-order valence-electron chi connectivity index (χ0n) is 17.9. The van der Waals surface area contributed by atoms with Gasteiger partial charge in [0.1, 0.15) is 17.7 Å². The van der Waals surface area contributed by atoms with E-state index in [4.69, 9.17) is 0 Å². The summed E-state index contributed by atoms with van der Waals surface area (Å²) in [4.78, 5) is 1.40. The third-order valence-electron chi connectivity index (χ3n) is 6.87. The van der Waals surface area contributed by atoms with E-state index in [0.717, 1.165) is 5.56 Å². The number of nitrogens with one attached hydrogen (secondary N) is 1. The number of benzene rings is 3. The zero-order valence-corrected chi connectivity index (χ0v) is 17.9. The smallest absolute Gasteiger partial charge is 0.142 e. The molecule has 152 valence electrons. The van der Waals surface area contributed by atoms with Gasteiger partial charge in [-0.05, 0) is 12.1 Å². The van der Waals surface area contributed by atoms with Crippen molar-refractivity contribution in [3.8, 4) is 11.8 Å². The average molecular weight is 397 g/mol. The molecule has 1 aliphatic rings. The molecule has 2 heteroatoms. The van der Waals surface area contributed by atoms with Gasteiger partial charge in [0.05, 0.1) is 18.9 Å². The fourth-order valence-electron chi connectivity index (χ4n) is 5.25. The van der Waals surface area contributed by atoms with Gasteiger partial charge in [-0.3, -0.25) is 0 Å². The molecule has 0 aromatic heterocycles. The molecule has 0 aliphatic carbocycles. The first-order chi connectivity index (χ1) is 14.5. The second kappa shape index (κ2) is 8.48. The molecule has 0 amide bonds. The normalized spacial score (nSPS) is 30.9. The van der Waals surface area contributed by atoms with E-state index < -0.39 is 5.60 Å². The van der Waals surface area contributed by atoms with E-state index in [9.17, 15) is 5.11 Å². The number of aliphatic hydroxyl groups is 1. The lowest BCUT2D eigenvalue weighted by Crippen LogP contribution is -3.13. The van der Waals surface area contributed by atoms with Crippen LogP contribution in [0.2, 0.25) is 0 Å². The molecule has 4 atom stereocenters. The lowest BCUT2D eigenvalue weighted by molar-refractivity contribution is -0.961. The average Bonchev–Trinajstić information content (AvgIpc) is 2.79. The molecule has 0 bridgehead atoms. The summed E-state index contributed by atoms with van der Waals surface area (Å²) in [5.41, 5.74) is 2.32. The number of piperidine rings is 1. The summed E-state index contributed by atoms with van der Waals surface area (Å²) in [6.07, 6.45) is 0. The van der Waals surface area contributed by atoms with Crippen LogP contribution in [0.1, 0.15) is 42.6 Å². The number of hydrogen-bond donors (Lipinski definition) is 2. The lowest BCUT2D eigenvalue weighted by atomic mass is 9.65. The molecule has 1 saturated heterocycles. The van der Waals surface area contributed by atoms with Gasteiger partial charge < -0.3 is 10.0 Å². The number of likely N-dealkylation sites (tertiary alicyclic amines) is 1. The Kier molecular flexibility index (Phi) is 5.77. The van der Waals surface area contributed by atoms with E-state index in [-0.39, 0.29) is 23.9 Å². The molecule has 3 aromatic carbocycles. The fourth-order valence-corrected chi connectivity index (χ4v) is 5.25. The quantitative estimate of drug-likeness (QED) is 0.628. The lowest BCUT2D eigenvalue weighted by Gasteiger charge is -2.51. The van der Waals surface area contributed by atoms with Crippen LogP contribution in [0.5, 0.6) is 0 Å². The van der Waals surface area contributed by atoms with Crippen molar-refractivity contribution in [3.63, 3.8) is 0 Å². The SMILES string of the molecule is C[C@@H]1[C@H](c2ccccc2)[NH+](C)[C@@H](c2ccccc2)[C@@H](C)C1(O)C#Cc1ccccc1. The summed E-state index contributed by atoms with van der Waals surface area (Å²) >= 11 is 0. The number of quaternary nitrogens is 1. The van der Waals surface area contributed by atoms with Crippen molar-refractivity contribution in [2.45, 2.75) is 31.5 Å². The van der Waals surface area contributed by atoms with Gasteiger partial charge in [0.2, 0.25) is 0 Å². The summed E-state index contributed by atoms with van der Waals surface area (Å²) < 4.78 is 0. The van der Waals surface area contributed by atoms with Gasteiger partial charge in [0.15, 0.2) is 0 Å². The fraction of sp³-hybridized carbons (Fsp3) is 0.286. The predicted molar refractivity (Wildman–Crippen MR) is 122 cm³/mol. The van der Waals surface area contributed by atoms with Crippen LogP contribution in [0.15, 0.2) is 91.0 Å². The van der Waals surface area contributed by atoms with E-state index in [1.165, 1.54) is 16.0 Å². The molecule has 2 N–H and O–H groups in total. The monoisotopic (exact) mass is 396 g/mol. The molecule has 1 fully saturated rings. The Bertz CT molecular complexity index is 966. The van der Waals surface area contributed by atoms with Crippen LogP contribution in [0.4, 0.5) is 0 Å². The zero-order chi connectivity index (χ0) is 21.1. The molecule has 1 heterocycles. The summed E-state index contributed by atoms with van der Waals surface area (Å²) in [6, 6.07) is 31.4. The second-order valence-corrected chi connectivity index (χ2v) is 8.54. The van der Waals surface area contributed by atoms with Gasteiger partial charge in [-0.1, -0.05) is 105 Å². The van der Waals surface area contributed by atoms with Gasteiger partial charge in [0, 0.05) is 16.7 Å². The Balaban J connectivity index is 1.83. The van der Waals surface area contributed by atoms with E-state index in [1.54, 1.807) is 0 Å². The summed E-state index contributed by atoms with van der Waals surface area (Å²) in [5, 5.41) is 12.1. The Morgan fingerprint density at radius 1 is 0.700 bits per heavy atom. The Hall–Kier alpha value is -2.86. The number of hydrogen-bond acceptors (Lipinski definition) is 1. The van der Waals surface area contributed by atoms with E-state index in [2.05, 4.69) is 81.3 Å². The maximum atomic E-state index is 12.1. The summed E-state index contributed by atoms with van der Waals surface area (Å²) in [5.74, 6) is 6.55. The van der Waals surface area contributed by atoms with Gasteiger partial charge in [-0.15, -0.1) is 0 Å². The molecule has 0 unspecified atom stereocenters. The van der Waals surface area contributed by atoms with Crippen LogP contribution in [-0.4, -0.2) is 17.8 Å². The van der Waals surface area contributed by atoms with Crippen LogP contribution in [0.3, 0.4) is 0 Å². The summed E-state index contributed by atoms with van der Waals surface area (Å²) in [7, 11) is 2.26. The van der Waals surface area contributed by atoms with Crippen molar-refractivity contribution < 1.29 is 10.0 Å². The van der Waals surface area contributed by atoms with E-state index in [0.29, 0.717) is 0 Å². The van der Waals surface area contributed by atoms with Crippen molar-refractivity contribution in [1.29, 1.82) is 0 Å². The van der Waals surface area contributed by atoms with Crippen LogP contribution < -0.4 is 4.90 Å². The predicted octanol–water partition coefficient (Wildman–Crippen LogP) is 4.05. The minimum absolute atomic E-state index is 0.0222. The van der Waals surface area contributed by atoms with Crippen molar-refractivity contribution >= 4 is 0 Å². The van der Waals surface area contributed by atoms with E-state index in [1.807, 2.05) is 42.5 Å². The van der Waals surface area contributed by atoms with Crippen molar-refractivity contribution in [2.75, 3.05) is 7.05 Å². The highest BCUT2D eigenvalue weighted by Gasteiger charge is 2.56. The standard InChI is InChI=1S/C28H29NO/c1-21-26(24-15-9-5-10-16-24)29(3)27(25-17-11-6-12-18-25)22(2)28(21,30)20-19-23-13-7-4-8-14-23/h4-18,21-22,26-27,30H,1-3H3/p+1/t21-,22-,26-,27-/m1/s1. The third-order valence-corrected chi connectivity index (χ3v) is 6.87. The largest absolute Gasteiger partial charge is 0.376 e. The van der Waals surface area contributed by atoms with Gasteiger partial charge >= 0.3 is 0 Å². The minimum Gasteiger partial charge on any atom is -0.376 e. The highest BCUT2D eigenvalue weighted by molar-refractivity contribution is 5.38. The first-order valence-electron chi connectivity index (χ1n) is 10.8. The Labute approximate surface area is 180 Å². The van der Waals surface area contributed by atoms with Crippen LogP contribution in [-0.2, 0) is 0 Å². The van der Waals surface area contributed by atoms with E-state index >= 15 is 0 Å². The van der Waals surface area contributed by atoms with Crippen LogP contribution in [0.25, 0.3) is 0 Å². The molecule has 2 nitrogen and oxygen atoms in total. The molecule has 0 saturated carbocycles. The Morgan fingerprint density at radius 2 is 1.10 bits per heavy atom. The van der Waals surface area contributed by atoms with Crippen molar-refractivity contribution in [1.82, 2.24) is 0 Å². The highest BCUT2D eigenvalue weighted by Crippen LogP contribution is 2.43. The molecular formula is C28H30NO+. The molecular weight excluding hydrogens is 366 g/mol. The van der Waals surface area contributed by atoms with Gasteiger partial charge in [0.25, 0.3) is 0 Å². The van der Waals surface area contributed by atoms with Crippen LogP contribution >= 0.6 is 0 Å². The topological polar surface area (TPSA) is 24.7 Å². The maximum Gasteiger partial charge on any atom is 0.142 e. The molecule has 1 aliphatic heterocycles. The highest BCUT2D eigenvalue weighted by atomic mass is 16.3. The molecule has 4 rings (SSSR count). The second-order valence-electron chi connectivity index (χ2n) is 8.54. The third kappa shape index (κ3) is 3.67. The van der Waals surface area contributed by atoms with Crippen molar-refractivity contribution in [3.05, 3.63) is 108 Å². The molecule has 0 spiro atoms. The van der Waals surface area contributed by atoms with Gasteiger partial charge in [-0.2, -0.15) is 0 Å². The minimum atomic E-state index is -1.10. The first-order valence-corrected chi connectivity index (χ1v) is 10.8. The molecule has 3 aromatic rings. The summed E-state index contributed by atoms with van der Waals surface area (Å²) in [6.45, 7) is 4.30. The number of rotatable bonds is 2. The van der Waals surface area contributed by atoms with Crippen LogP contribution in [0, 0.1) is 23.7 Å². The molecule has 30 heavy (non-hydrogen) atoms. The van der Waals surface area contributed by atoms with Gasteiger partial charge in [-0.25, -0.2) is 0 Å². The first kappa shape index (κ1) is 20.4. The Morgan fingerprint density at radius 3 is 1.53 bits per heavy atom. The maximum absolute atomic E-state index is 12.1. The molecule has 0 radical (unpaired) electrons. The van der Waals surface area contributed by atoms with Crippen molar-refractivity contribution in [2.24, 2.45) is 11.8 Å².